The van der Waals surface area contributed by atoms with Gasteiger partial charge in [0, 0.05) is 5.56 Å². The quantitative estimate of drug-likeness (QED) is 0.602. The molecule has 6 heteroatoms. The van der Waals surface area contributed by atoms with Gasteiger partial charge in [-0.25, -0.2) is 0 Å². The van der Waals surface area contributed by atoms with E-state index in [0.717, 1.165) is 5.56 Å². The Morgan fingerprint density at radius 1 is 1.26 bits per heavy atom. The van der Waals surface area contributed by atoms with E-state index in [-0.39, 0.29) is 5.78 Å². The lowest BCUT2D eigenvalue weighted by molar-refractivity contribution is 0.102. The number of hydrogen-bond acceptors (Lipinski definition) is 6. The molecule has 0 aliphatic carbocycles. The number of aryl methyl sites for hydroxylation is 1. The standard InChI is InChI=1S/C13H14N2O2S2/c1-9-3-5-10(6-4-9)11(16)7-19-13-15-14-12(17-13)8-18-2/h3-6H,7-8H2,1-2H3. The molecule has 0 bridgehead atoms. The van der Waals surface area contributed by atoms with Crippen LogP contribution in [0.1, 0.15) is 21.8 Å². The van der Waals surface area contributed by atoms with Crippen molar-refractivity contribution >= 4 is 29.3 Å². The number of Topliss-reactive ketones (excluding diaryl/α,β-unsaturated/α-hetero) is 1. The van der Waals surface area contributed by atoms with Gasteiger partial charge in [-0.15, -0.1) is 10.2 Å². The fourth-order valence-electron chi connectivity index (χ4n) is 1.43. The van der Waals surface area contributed by atoms with Crippen LogP contribution in [0.3, 0.4) is 0 Å². The second-order valence-electron chi connectivity index (χ2n) is 3.97. The van der Waals surface area contributed by atoms with Gasteiger partial charge in [-0.3, -0.25) is 4.79 Å². The summed E-state index contributed by atoms with van der Waals surface area (Å²) < 4.78 is 5.40. The van der Waals surface area contributed by atoms with E-state index in [1.54, 1.807) is 11.8 Å². The zero-order chi connectivity index (χ0) is 13.7. The van der Waals surface area contributed by atoms with Crippen LogP contribution in [0, 0.1) is 6.92 Å². The minimum Gasteiger partial charge on any atom is -0.415 e. The maximum absolute atomic E-state index is 11.9. The number of carbonyl (C=O) groups excluding carboxylic acids is 1. The molecule has 0 saturated carbocycles. The van der Waals surface area contributed by atoms with Crippen molar-refractivity contribution in [2.75, 3.05) is 12.0 Å². The van der Waals surface area contributed by atoms with Crippen LogP contribution < -0.4 is 0 Å². The summed E-state index contributed by atoms with van der Waals surface area (Å²) in [4.78, 5) is 11.9. The Morgan fingerprint density at radius 3 is 2.68 bits per heavy atom. The van der Waals surface area contributed by atoms with Crippen LogP contribution in [0.5, 0.6) is 0 Å². The second kappa shape index (κ2) is 6.77. The number of aromatic nitrogens is 2. The van der Waals surface area contributed by atoms with Gasteiger partial charge in [-0.2, -0.15) is 11.8 Å². The summed E-state index contributed by atoms with van der Waals surface area (Å²) in [5.41, 5.74) is 1.85. The van der Waals surface area contributed by atoms with Gasteiger partial charge >= 0.3 is 0 Å². The van der Waals surface area contributed by atoms with Gasteiger partial charge < -0.3 is 4.42 Å². The predicted octanol–water partition coefficient (Wildman–Crippen LogP) is 3.22. The van der Waals surface area contributed by atoms with E-state index in [2.05, 4.69) is 10.2 Å². The second-order valence-corrected chi connectivity index (χ2v) is 5.77. The van der Waals surface area contributed by atoms with E-state index in [1.807, 2.05) is 37.4 Å². The molecule has 2 rings (SSSR count). The summed E-state index contributed by atoms with van der Waals surface area (Å²) in [5, 5.41) is 8.24. The van der Waals surface area contributed by atoms with E-state index >= 15 is 0 Å². The third kappa shape index (κ3) is 4.11. The molecule has 0 spiro atoms. The number of hydrogen-bond donors (Lipinski definition) is 0. The molecule has 0 saturated heterocycles. The molecule has 1 aromatic carbocycles. The van der Waals surface area contributed by atoms with Crippen molar-refractivity contribution in [1.82, 2.24) is 10.2 Å². The van der Waals surface area contributed by atoms with E-state index < -0.39 is 0 Å². The first-order valence-electron chi connectivity index (χ1n) is 5.73. The van der Waals surface area contributed by atoms with Crippen molar-refractivity contribution < 1.29 is 9.21 Å². The van der Waals surface area contributed by atoms with Crippen molar-refractivity contribution in [2.45, 2.75) is 17.9 Å². The summed E-state index contributed by atoms with van der Waals surface area (Å²) in [6, 6.07) is 7.54. The maximum atomic E-state index is 11.9. The lowest BCUT2D eigenvalue weighted by Crippen LogP contribution is -2.02. The third-order valence-electron chi connectivity index (χ3n) is 2.42. The number of ketones is 1. The van der Waals surface area contributed by atoms with Crippen molar-refractivity contribution in [3.05, 3.63) is 41.3 Å². The molecule has 0 N–H and O–H groups in total. The highest BCUT2D eigenvalue weighted by molar-refractivity contribution is 7.99. The molecule has 100 valence electrons. The van der Waals surface area contributed by atoms with E-state index in [0.29, 0.717) is 28.2 Å². The summed E-state index contributed by atoms with van der Waals surface area (Å²) >= 11 is 2.89. The monoisotopic (exact) mass is 294 g/mol. The van der Waals surface area contributed by atoms with Gasteiger partial charge in [0.05, 0.1) is 11.5 Å². The molecule has 0 atom stereocenters. The smallest absolute Gasteiger partial charge is 0.277 e. The summed E-state index contributed by atoms with van der Waals surface area (Å²) in [7, 11) is 0. The number of benzene rings is 1. The summed E-state index contributed by atoms with van der Waals surface area (Å²) in [6.07, 6.45) is 1.97. The molecule has 0 radical (unpaired) electrons. The van der Waals surface area contributed by atoms with Crippen molar-refractivity contribution in [1.29, 1.82) is 0 Å². The molecule has 0 aliphatic heterocycles. The molecule has 1 heterocycles. The molecule has 0 unspecified atom stereocenters. The summed E-state index contributed by atoms with van der Waals surface area (Å²) in [6.45, 7) is 1.99. The molecule has 0 aliphatic rings. The van der Waals surface area contributed by atoms with Gasteiger partial charge in [-0.1, -0.05) is 41.6 Å². The Kier molecular flexibility index (Phi) is 5.04. The normalized spacial score (nSPS) is 10.6. The Hall–Kier alpha value is -1.27. The first-order valence-corrected chi connectivity index (χ1v) is 8.11. The van der Waals surface area contributed by atoms with Crippen LogP contribution >= 0.6 is 23.5 Å². The minimum atomic E-state index is 0.0645. The number of nitrogens with zero attached hydrogens (tertiary/aromatic N) is 2. The molecule has 2 aromatic rings. The van der Waals surface area contributed by atoms with Crippen LogP contribution in [-0.4, -0.2) is 28.0 Å². The first-order chi connectivity index (χ1) is 9.19. The van der Waals surface area contributed by atoms with E-state index in [4.69, 9.17) is 4.42 Å². The third-order valence-corrected chi connectivity index (χ3v) is 3.77. The molecule has 19 heavy (non-hydrogen) atoms. The molecule has 1 aromatic heterocycles. The zero-order valence-electron chi connectivity index (χ0n) is 10.8. The van der Waals surface area contributed by atoms with Crippen molar-refractivity contribution in [3.63, 3.8) is 0 Å². The van der Waals surface area contributed by atoms with Crippen LogP contribution in [-0.2, 0) is 5.75 Å². The average molecular weight is 294 g/mol. The summed E-state index contributed by atoms with van der Waals surface area (Å²) in [5.74, 6) is 1.66. The zero-order valence-corrected chi connectivity index (χ0v) is 12.4. The highest BCUT2D eigenvalue weighted by Gasteiger charge is 2.10. The molecule has 4 nitrogen and oxygen atoms in total. The molecular weight excluding hydrogens is 280 g/mol. The Morgan fingerprint density at radius 2 is 2.00 bits per heavy atom. The Balaban J connectivity index is 1.90. The average Bonchev–Trinajstić information content (AvgIpc) is 2.85. The van der Waals surface area contributed by atoms with Gasteiger partial charge in [0.15, 0.2) is 5.78 Å². The van der Waals surface area contributed by atoms with Crippen molar-refractivity contribution in [2.24, 2.45) is 0 Å². The SMILES string of the molecule is CSCc1nnc(SCC(=O)c2ccc(C)cc2)o1. The maximum Gasteiger partial charge on any atom is 0.277 e. The van der Waals surface area contributed by atoms with Gasteiger partial charge in [0.25, 0.3) is 5.22 Å². The fourth-order valence-corrected chi connectivity index (χ4v) is 2.47. The van der Waals surface area contributed by atoms with Crippen LogP contribution in [0.25, 0.3) is 0 Å². The number of thioether (sulfide) groups is 2. The van der Waals surface area contributed by atoms with Gasteiger partial charge in [0.2, 0.25) is 5.89 Å². The molecule has 0 amide bonds. The number of carbonyl (C=O) groups is 1. The van der Waals surface area contributed by atoms with E-state index in [1.165, 1.54) is 11.8 Å². The molecular formula is C13H14N2O2S2. The van der Waals surface area contributed by atoms with Crippen LogP contribution in [0.2, 0.25) is 0 Å². The van der Waals surface area contributed by atoms with Crippen molar-refractivity contribution in [3.8, 4) is 0 Å². The Labute approximate surface area is 120 Å². The highest BCUT2D eigenvalue weighted by Crippen LogP contribution is 2.19. The lowest BCUT2D eigenvalue weighted by Gasteiger charge is -1.99. The highest BCUT2D eigenvalue weighted by atomic mass is 32.2. The van der Waals surface area contributed by atoms with Crippen LogP contribution in [0.15, 0.2) is 33.9 Å². The van der Waals surface area contributed by atoms with Gasteiger partial charge in [0.1, 0.15) is 0 Å². The number of rotatable bonds is 6. The molecule has 0 fully saturated rings. The fraction of sp³-hybridized carbons (Fsp3) is 0.308. The predicted molar refractivity (Wildman–Crippen MR) is 77.8 cm³/mol. The van der Waals surface area contributed by atoms with Gasteiger partial charge in [-0.05, 0) is 13.2 Å². The largest absolute Gasteiger partial charge is 0.415 e. The minimum absolute atomic E-state index is 0.0645. The Bertz CT molecular complexity index is 552. The topological polar surface area (TPSA) is 56.0 Å². The van der Waals surface area contributed by atoms with Crippen LogP contribution in [0.4, 0.5) is 0 Å². The lowest BCUT2D eigenvalue weighted by atomic mass is 10.1. The van der Waals surface area contributed by atoms with E-state index in [9.17, 15) is 4.79 Å². The first kappa shape index (κ1) is 14.1.